The van der Waals surface area contributed by atoms with Gasteiger partial charge in [0.2, 0.25) is 0 Å². The maximum Gasteiger partial charge on any atom is 0.00958 e. The number of nitrogens with one attached hydrogen (secondary N) is 1. The van der Waals surface area contributed by atoms with Crippen LogP contribution in [-0.2, 0) is 0 Å². The molecule has 0 aromatic rings. The maximum atomic E-state index is 3.70. The molecule has 1 heteroatoms. The highest BCUT2D eigenvalue weighted by Gasteiger charge is 2.25. The molecular weight excluding hydrogens is 182 g/mol. The highest BCUT2D eigenvalue weighted by molar-refractivity contribution is 4.83. The van der Waals surface area contributed by atoms with Crippen molar-refractivity contribution >= 4 is 0 Å². The van der Waals surface area contributed by atoms with Crippen molar-refractivity contribution in [2.45, 2.75) is 70.8 Å². The fourth-order valence-corrected chi connectivity index (χ4v) is 3.54. The van der Waals surface area contributed by atoms with Crippen LogP contribution in [0.3, 0.4) is 0 Å². The Morgan fingerprint density at radius 3 is 2.53 bits per heavy atom. The Bertz CT molecular complexity index is 172. The Morgan fingerprint density at radius 2 is 1.80 bits per heavy atom. The van der Waals surface area contributed by atoms with Gasteiger partial charge in [0.15, 0.2) is 0 Å². The average Bonchev–Trinajstić information content (AvgIpc) is 2.75. The smallest absolute Gasteiger partial charge is 0.00958 e. The van der Waals surface area contributed by atoms with Gasteiger partial charge >= 0.3 is 0 Å². The molecule has 1 aliphatic carbocycles. The largest absolute Gasteiger partial charge is 0.314 e. The zero-order valence-electron chi connectivity index (χ0n) is 10.3. The molecule has 0 bridgehead atoms. The fraction of sp³-hybridized carbons (Fsp3) is 1.00. The number of rotatable bonds is 4. The van der Waals surface area contributed by atoms with E-state index in [2.05, 4.69) is 12.2 Å². The van der Waals surface area contributed by atoms with E-state index in [9.17, 15) is 0 Å². The minimum absolute atomic E-state index is 0.858. The zero-order valence-corrected chi connectivity index (χ0v) is 10.3. The Balaban J connectivity index is 1.67. The monoisotopic (exact) mass is 209 g/mol. The Hall–Kier alpha value is -0.0400. The standard InChI is InChI=1S/C14H27N/c1-2-13-10-11-15-14(13)9-8-12-6-4-3-5-7-12/h12-15H,2-11H2,1H3/t13-,14+/m0/s1. The van der Waals surface area contributed by atoms with Gasteiger partial charge < -0.3 is 5.32 Å². The minimum atomic E-state index is 0.858. The molecule has 1 saturated heterocycles. The molecule has 2 fully saturated rings. The van der Waals surface area contributed by atoms with Crippen LogP contribution in [0.2, 0.25) is 0 Å². The zero-order chi connectivity index (χ0) is 10.5. The molecule has 1 saturated carbocycles. The van der Waals surface area contributed by atoms with Crippen molar-refractivity contribution < 1.29 is 0 Å². The van der Waals surface area contributed by atoms with E-state index in [1.165, 1.54) is 64.3 Å². The summed E-state index contributed by atoms with van der Waals surface area (Å²) in [5.41, 5.74) is 0. The lowest BCUT2D eigenvalue weighted by Gasteiger charge is -2.24. The van der Waals surface area contributed by atoms with Gasteiger partial charge in [-0.15, -0.1) is 0 Å². The summed E-state index contributed by atoms with van der Waals surface area (Å²) in [4.78, 5) is 0. The van der Waals surface area contributed by atoms with E-state index >= 15 is 0 Å². The molecule has 0 spiro atoms. The normalized spacial score (nSPS) is 33.4. The van der Waals surface area contributed by atoms with Crippen molar-refractivity contribution in [1.82, 2.24) is 5.32 Å². The molecule has 0 aromatic heterocycles. The van der Waals surface area contributed by atoms with Gasteiger partial charge in [0.1, 0.15) is 0 Å². The summed E-state index contributed by atoms with van der Waals surface area (Å²) in [5.74, 6) is 2.05. The molecule has 15 heavy (non-hydrogen) atoms. The van der Waals surface area contributed by atoms with Gasteiger partial charge in [0, 0.05) is 6.04 Å². The molecule has 0 radical (unpaired) electrons. The second kappa shape index (κ2) is 5.89. The molecule has 1 N–H and O–H groups in total. The van der Waals surface area contributed by atoms with E-state index in [-0.39, 0.29) is 0 Å². The van der Waals surface area contributed by atoms with Crippen molar-refractivity contribution in [1.29, 1.82) is 0 Å². The molecule has 1 nitrogen and oxygen atoms in total. The Morgan fingerprint density at radius 1 is 1.00 bits per heavy atom. The predicted octanol–water partition coefficient (Wildman–Crippen LogP) is 3.74. The lowest BCUT2D eigenvalue weighted by Crippen LogP contribution is -2.27. The average molecular weight is 209 g/mol. The van der Waals surface area contributed by atoms with Gasteiger partial charge in [-0.05, 0) is 37.6 Å². The van der Waals surface area contributed by atoms with Crippen molar-refractivity contribution in [3.8, 4) is 0 Å². The van der Waals surface area contributed by atoms with Gasteiger partial charge in [0.05, 0.1) is 0 Å². The molecule has 1 aliphatic heterocycles. The third kappa shape index (κ3) is 3.21. The summed E-state index contributed by atoms with van der Waals surface area (Å²) < 4.78 is 0. The molecule has 2 atom stereocenters. The van der Waals surface area contributed by atoms with Crippen LogP contribution in [-0.4, -0.2) is 12.6 Å². The van der Waals surface area contributed by atoms with E-state index < -0.39 is 0 Å². The third-order valence-electron chi connectivity index (χ3n) is 4.63. The quantitative estimate of drug-likeness (QED) is 0.744. The summed E-state index contributed by atoms with van der Waals surface area (Å²) in [5, 5.41) is 3.70. The van der Waals surface area contributed by atoms with Crippen molar-refractivity contribution in [3.05, 3.63) is 0 Å². The van der Waals surface area contributed by atoms with Crippen molar-refractivity contribution in [2.75, 3.05) is 6.54 Å². The first-order chi connectivity index (χ1) is 7.40. The van der Waals surface area contributed by atoms with Crippen LogP contribution in [0.4, 0.5) is 0 Å². The SMILES string of the molecule is CC[C@H]1CCN[C@@H]1CCC1CCCCC1. The summed E-state index contributed by atoms with van der Waals surface area (Å²) in [6, 6.07) is 0.858. The molecule has 2 aliphatic rings. The van der Waals surface area contributed by atoms with Crippen LogP contribution in [0.5, 0.6) is 0 Å². The Labute approximate surface area is 95.0 Å². The Kier molecular flexibility index (Phi) is 4.49. The highest BCUT2D eigenvalue weighted by atomic mass is 14.9. The van der Waals surface area contributed by atoms with E-state index in [4.69, 9.17) is 0 Å². The van der Waals surface area contributed by atoms with E-state index in [0.717, 1.165) is 17.9 Å². The summed E-state index contributed by atoms with van der Waals surface area (Å²) in [6.45, 7) is 3.62. The lowest BCUT2D eigenvalue weighted by atomic mass is 9.83. The molecule has 88 valence electrons. The van der Waals surface area contributed by atoms with E-state index in [0.29, 0.717) is 0 Å². The summed E-state index contributed by atoms with van der Waals surface area (Å²) >= 11 is 0. The van der Waals surface area contributed by atoms with Crippen molar-refractivity contribution in [3.63, 3.8) is 0 Å². The third-order valence-corrected chi connectivity index (χ3v) is 4.63. The summed E-state index contributed by atoms with van der Waals surface area (Å²) in [7, 11) is 0. The van der Waals surface area contributed by atoms with Crippen LogP contribution in [0.1, 0.15) is 64.7 Å². The predicted molar refractivity (Wildman–Crippen MR) is 66.0 cm³/mol. The van der Waals surface area contributed by atoms with E-state index in [1.807, 2.05) is 0 Å². The second-order valence-corrected chi connectivity index (χ2v) is 5.60. The highest BCUT2D eigenvalue weighted by Crippen LogP contribution is 2.30. The molecule has 2 rings (SSSR count). The van der Waals surface area contributed by atoms with Crippen LogP contribution in [0.15, 0.2) is 0 Å². The first-order valence-electron chi connectivity index (χ1n) is 7.13. The van der Waals surface area contributed by atoms with Crippen molar-refractivity contribution in [2.24, 2.45) is 11.8 Å². The number of hydrogen-bond donors (Lipinski definition) is 1. The summed E-state index contributed by atoms with van der Waals surface area (Å²) in [6.07, 6.45) is 13.3. The topological polar surface area (TPSA) is 12.0 Å². The molecule has 0 unspecified atom stereocenters. The lowest BCUT2D eigenvalue weighted by molar-refractivity contribution is 0.301. The molecule has 1 heterocycles. The number of hydrogen-bond acceptors (Lipinski definition) is 1. The van der Waals surface area contributed by atoms with Gasteiger partial charge in [-0.25, -0.2) is 0 Å². The maximum absolute atomic E-state index is 3.70. The van der Waals surface area contributed by atoms with Gasteiger partial charge in [0.25, 0.3) is 0 Å². The first kappa shape index (κ1) is 11.4. The van der Waals surface area contributed by atoms with Gasteiger partial charge in [-0.2, -0.15) is 0 Å². The van der Waals surface area contributed by atoms with E-state index in [1.54, 1.807) is 0 Å². The van der Waals surface area contributed by atoms with Gasteiger partial charge in [-0.1, -0.05) is 45.4 Å². The van der Waals surface area contributed by atoms with Crippen LogP contribution >= 0.6 is 0 Å². The second-order valence-electron chi connectivity index (χ2n) is 5.60. The van der Waals surface area contributed by atoms with Gasteiger partial charge in [-0.3, -0.25) is 0 Å². The fourth-order valence-electron chi connectivity index (χ4n) is 3.54. The van der Waals surface area contributed by atoms with Crippen LogP contribution in [0.25, 0.3) is 0 Å². The van der Waals surface area contributed by atoms with Crippen LogP contribution < -0.4 is 5.32 Å². The minimum Gasteiger partial charge on any atom is -0.314 e. The first-order valence-corrected chi connectivity index (χ1v) is 7.13. The molecular formula is C14H27N. The molecule has 0 amide bonds. The van der Waals surface area contributed by atoms with Crippen LogP contribution in [0, 0.1) is 11.8 Å². The molecule has 0 aromatic carbocycles.